The third kappa shape index (κ3) is 4.90. The van der Waals surface area contributed by atoms with E-state index in [1.807, 2.05) is 33.9 Å². The molecule has 0 bridgehead atoms. The monoisotopic (exact) mass is 351 g/mol. The van der Waals surface area contributed by atoms with Crippen LogP contribution in [-0.2, 0) is 18.7 Å². The third-order valence-corrected chi connectivity index (χ3v) is 9.76. The maximum Gasteiger partial charge on any atom is 0.272 e. The number of dihydropyridines is 1. The fraction of sp³-hybridized carbons (Fsp3) is 0.714. The molecule has 1 rings (SSSR count). The van der Waals surface area contributed by atoms with Crippen LogP contribution in [0.3, 0.4) is 0 Å². The van der Waals surface area contributed by atoms with Gasteiger partial charge in [-0.3, -0.25) is 4.18 Å². The van der Waals surface area contributed by atoms with Gasteiger partial charge in [0.05, 0.1) is 6.61 Å². The van der Waals surface area contributed by atoms with Crippen LogP contribution in [0.5, 0.6) is 0 Å². The van der Waals surface area contributed by atoms with Gasteiger partial charge in [0.1, 0.15) is 11.6 Å². The van der Waals surface area contributed by atoms with Crippen molar-refractivity contribution in [2.24, 2.45) is 0 Å². The minimum atomic E-state index is -3.79. The van der Waals surface area contributed by atoms with Gasteiger partial charge in [0.25, 0.3) is 10.1 Å². The molecule has 0 aliphatic carbocycles. The molecule has 1 aliphatic heterocycles. The number of allylic oxidation sites excluding steroid dienone is 2. The van der Waals surface area contributed by atoms with Gasteiger partial charge in [-0.25, -0.2) is 4.39 Å². The molecule has 8 heteroatoms. The highest BCUT2D eigenvalue weighted by molar-refractivity contribution is 7.86. The second-order valence-electron chi connectivity index (χ2n) is 6.87. The Morgan fingerprint density at radius 1 is 1.36 bits per heavy atom. The predicted molar refractivity (Wildman–Crippen MR) is 87.9 cm³/mol. The zero-order chi connectivity index (χ0) is 17.2. The molecule has 0 saturated carbocycles. The molecule has 0 aromatic carbocycles. The van der Waals surface area contributed by atoms with Crippen molar-refractivity contribution in [3.8, 4) is 0 Å². The minimum Gasteiger partial charge on any atom is -0.391 e. The minimum absolute atomic E-state index is 0.0480. The van der Waals surface area contributed by atoms with E-state index in [0.717, 1.165) is 6.20 Å². The maximum atomic E-state index is 13.3. The van der Waals surface area contributed by atoms with Gasteiger partial charge in [0, 0.05) is 6.20 Å². The summed E-state index contributed by atoms with van der Waals surface area (Å²) in [5.74, 6) is -0.899. The van der Waals surface area contributed by atoms with E-state index in [9.17, 15) is 12.8 Å². The van der Waals surface area contributed by atoms with Crippen LogP contribution in [0.2, 0.25) is 18.1 Å². The van der Waals surface area contributed by atoms with E-state index in [-0.39, 0.29) is 11.6 Å². The summed E-state index contributed by atoms with van der Waals surface area (Å²) >= 11 is 0. The largest absolute Gasteiger partial charge is 0.391 e. The molecule has 0 aromatic heterocycles. The molecule has 0 aromatic rings. The Balaban J connectivity index is 3.13. The Morgan fingerprint density at radius 2 is 1.95 bits per heavy atom. The molecule has 0 saturated heterocycles. The summed E-state index contributed by atoms with van der Waals surface area (Å²) in [7, 11) is -6.09. The Kier molecular flexibility index (Phi) is 5.65. The summed E-state index contributed by atoms with van der Waals surface area (Å²) in [6, 6.07) is 0. The van der Waals surface area contributed by atoms with Crippen molar-refractivity contribution in [1.82, 2.24) is 5.32 Å². The molecule has 1 N–H and O–H groups in total. The van der Waals surface area contributed by atoms with Crippen LogP contribution >= 0.6 is 0 Å². The first-order valence-corrected chi connectivity index (χ1v) is 11.7. The molecule has 0 spiro atoms. The predicted octanol–water partition coefficient (Wildman–Crippen LogP) is 3.04. The number of nitrogens with one attached hydrogen (secondary N) is 1. The lowest BCUT2D eigenvalue weighted by Crippen LogP contribution is -2.58. The van der Waals surface area contributed by atoms with Crippen LogP contribution in [0.25, 0.3) is 0 Å². The van der Waals surface area contributed by atoms with Crippen LogP contribution in [0.1, 0.15) is 27.7 Å². The standard InChI is InChI=1S/C14H26FNO4SSi/c1-7-19-21(17,18)11-14(9-8-12(15)10-16-14)20-22(5,6)13(2,3)4/h8-10,16H,7,11H2,1-6H3/t14-/m1/s1. The Labute approximate surface area is 133 Å². The highest BCUT2D eigenvalue weighted by Gasteiger charge is 2.46. The van der Waals surface area contributed by atoms with Crippen LogP contribution in [-0.4, -0.2) is 34.8 Å². The van der Waals surface area contributed by atoms with Crippen molar-refractivity contribution in [3.05, 3.63) is 24.2 Å². The maximum absolute atomic E-state index is 13.3. The lowest BCUT2D eigenvalue weighted by molar-refractivity contribution is 0.0973. The third-order valence-electron chi connectivity index (χ3n) is 3.90. The van der Waals surface area contributed by atoms with Gasteiger partial charge < -0.3 is 9.74 Å². The highest BCUT2D eigenvalue weighted by atomic mass is 32.2. The van der Waals surface area contributed by atoms with E-state index in [4.69, 9.17) is 8.61 Å². The lowest BCUT2D eigenvalue weighted by atomic mass is 10.2. The average molecular weight is 352 g/mol. The van der Waals surface area contributed by atoms with Gasteiger partial charge in [-0.2, -0.15) is 8.42 Å². The molecule has 0 amide bonds. The van der Waals surface area contributed by atoms with Crippen molar-refractivity contribution < 1.29 is 21.4 Å². The molecule has 0 fully saturated rings. The number of hydrogen-bond donors (Lipinski definition) is 1. The van der Waals surface area contributed by atoms with Gasteiger partial charge in [-0.15, -0.1) is 0 Å². The smallest absolute Gasteiger partial charge is 0.272 e. The van der Waals surface area contributed by atoms with Crippen molar-refractivity contribution in [3.63, 3.8) is 0 Å². The van der Waals surface area contributed by atoms with Crippen LogP contribution in [0.4, 0.5) is 4.39 Å². The second kappa shape index (κ2) is 6.43. The molecule has 1 atom stereocenters. The van der Waals surface area contributed by atoms with E-state index >= 15 is 0 Å². The fourth-order valence-electron chi connectivity index (χ4n) is 1.78. The molecular formula is C14H26FNO4SSi. The van der Waals surface area contributed by atoms with E-state index in [1.165, 1.54) is 12.2 Å². The summed E-state index contributed by atoms with van der Waals surface area (Å²) < 4.78 is 48.4. The van der Waals surface area contributed by atoms with Crippen molar-refractivity contribution in [2.45, 2.75) is 51.6 Å². The Hall–Kier alpha value is -0.703. The van der Waals surface area contributed by atoms with Crippen molar-refractivity contribution in [1.29, 1.82) is 0 Å². The Morgan fingerprint density at radius 3 is 2.36 bits per heavy atom. The molecule has 5 nitrogen and oxygen atoms in total. The van der Waals surface area contributed by atoms with E-state index in [2.05, 4.69) is 5.32 Å². The molecule has 128 valence electrons. The quantitative estimate of drug-likeness (QED) is 0.588. The molecular weight excluding hydrogens is 325 g/mol. The molecule has 1 heterocycles. The van der Waals surface area contributed by atoms with Gasteiger partial charge in [0.15, 0.2) is 14.0 Å². The summed E-state index contributed by atoms with van der Waals surface area (Å²) in [6.07, 6.45) is 3.75. The first-order chi connectivity index (χ1) is 9.83. The Bertz CT molecular complexity index is 566. The van der Waals surface area contributed by atoms with Crippen molar-refractivity contribution >= 4 is 18.4 Å². The summed E-state index contributed by atoms with van der Waals surface area (Å²) in [5, 5.41) is 2.63. The van der Waals surface area contributed by atoms with Gasteiger partial charge >= 0.3 is 0 Å². The van der Waals surface area contributed by atoms with Crippen molar-refractivity contribution in [2.75, 3.05) is 12.4 Å². The number of rotatable bonds is 6. The first kappa shape index (κ1) is 19.3. The topological polar surface area (TPSA) is 64.6 Å². The first-order valence-electron chi connectivity index (χ1n) is 7.22. The normalized spacial score (nSPS) is 23.1. The molecule has 0 radical (unpaired) electrons. The lowest BCUT2D eigenvalue weighted by Gasteiger charge is -2.44. The molecule has 1 aliphatic rings. The van der Waals surface area contributed by atoms with E-state index in [1.54, 1.807) is 6.92 Å². The molecule has 22 heavy (non-hydrogen) atoms. The van der Waals surface area contributed by atoms with Gasteiger partial charge in [0.2, 0.25) is 0 Å². The number of halogens is 1. The van der Waals surface area contributed by atoms with Gasteiger partial charge in [-0.05, 0) is 37.2 Å². The average Bonchev–Trinajstić information content (AvgIpc) is 2.30. The van der Waals surface area contributed by atoms with E-state index < -0.39 is 35.7 Å². The van der Waals surface area contributed by atoms with Crippen LogP contribution < -0.4 is 5.32 Å². The zero-order valence-electron chi connectivity index (χ0n) is 14.1. The zero-order valence-corrected chi connectivity index (χ0v) is 15.9. The SMILES string of the molecule is CCOS(=O)(=O)C[C@]1(O[Si](C)(C)C(C)(C)C)C=CC(F)=CN1. The van der Waals surface area contributed by atoms with Crippen LogP contribution in [0.15, 0.2) is 24.2 Å². The number of hydrogen-bond acceptors (Lipinski definition) is 5. The second-order valence-corrected chi connectivity index (χ2v) is 13.2. The fourth-order valence-corrected chi connectivity index (χ4v) is 4.50. The summed E-state index contributed by atoms with van der Waals surface area (Å²) in [5.41, 5.74) is -1.31. The summed E-state index contributed by atoms with van der Waals surface area (Å²) in [6.45, 7) is 11.8. The van der Waals surface area contributed by atoms with Gasteiger partial charge in [-0.1, -0.05) is 20.8 Å². The summed E-state index contributed by atoms with van der Waals surface area (Å²) in [4.78, 5) is 0. The van der Waals surface area contributed by atoms with Crippen LogP contribution in [0, 0.1) is 0 Å². The molecule has 0 unspecified atom stereocenters. The van der Waals surface area contributed by atoms with E-state index in [0.29, 0.717) is 0 Å². The highest BCUT2D eigenvalue weighted by Crippen LogP contribution is 2.39.